The molecule has 0 radical (unpaired) electrons. The number of ether oxygens (including phenoxy) is 1. The van der Waals surface area contributed by atoms with E-state index in [1.165, 1.54) is 18.9 Å². The van der Waals surface area contributed by atoms with Gasteiger partial charge in [-0.1, -0.05) is 24.3 Å². The van der Waals surface area contributed by atoms with Gasteiger partial charge < -0.3 is 10.1 Å². The van der Waals surface area contributed by atoms with Crippen LogP contribution in [0.25, 0.3) is 0 Å². The molecule has 0 aliphatic rings. The van der Waals surface area contributed by atoms with E-state index in [1.54, 1.807) is 42.5 Å². The largest absolute Gasteiger partial charge is 0.465 e. The summed E-state index contributed by atoms with van der Waals surface area (Å²) < 4.78 is 4.69. The minimum atomic E-state index is -0.382. The third-order valence-corrected chi connectivity index (χ3v) is 4.18. The molecule has 2 aromatic rings. The van der Waals surface area contributed by atoms with Gasteiger partial charge in [-0.25, -0.2) is 4.79 Å². The molecule has 2 rings (SSSR count). The number of nitrogens with zero attached hydrogens (tertiary/aromatic N) is 1. The van der Waals surface area contributed by atoms with E-state index in [1.807, 2.05) is 12.1 Å². The second-order valence-electron chi connectivity index (χ2n) is 4.89. The number of benzene rings is 2. The second kappa shape index (κ2) is 8.75. The third kappa shape index (κ3) is 4.86. The summed E-state index contributed by atoms with van der Waals surface area (Å²) in [4.78, 5) is 23.5. The Balaban J connectivity index is 1.87. The highest BCUT2D eigenvalue weighted by Crippen LogP contribution is 2.17. The zero-order valence-corrected chi connectivity index (χ0v) is 13.9. The van der Waals surface area contributed by atoms with Crippen LogP contribution in [-0.4, -0.2) is 24.7 Å². The average Bonchev–Trinajstić information content (AvgIpc) is 2.61. The Labute approximate surface area is 144 Å². The molecule has 6 heteroatoms. The van der Waals surface area contributed by atoms with Gasteiger partial charge in [0.05, 0.1) is 29.7 Å². The summed E-state index contributed by atoms with van der Waals surface area (Å²) in [7, 11) is 1.34. The average molecular weight is 340 g/mol. The predicted molar refractivity (Wildman–Crippen MR) is 93.7 cm³/mol. The van der Waals surface area contributed by atoms with Crippen molar-refractivity contribution in [2.45, 2.75) is 5.75 Å². The highest BCUT2D eigenvalue weighted by Gasteiger charge is 2.08. The molecule has 0 atom stereocenters. The van der Waals surface area contributed by atoms with E-state index in [0.717, 1.165) is 5.56 Å². The molecule has 0 aliphatic carbocycles. The van der Waals surface area contributed by atoms with Crippen LogP contribution in [0.2, 0.25) is 0 Å². The lowest BCUT2D eigenvalue weighted by molar-refractivity contribution is -0.113. The molecule has 2 aromatic carbocycles. The summed E-state index contributed by atoms with van der Waals surface area (Å²) in [5.41, 5.74) is 2.37. The third-order valence-electron chi connectivity index (χ3n) is 3.17. The fraction of sp³-hybridized carbons (Fsp3) is 0.167. The van der Waals surface area contributed by atoms with Gasteiger partial charge in [0, 0.05) is 5.75 Å². The Bertz CT molecular complexity index is 784. The van der Waals surface area contributed by atoms with E-state index < -0.39 is 0 Å². The number of thioether (sulfide) groups is 1. The molecular weight excluding hydrogens is 324 g/mol. The zero-order valence-electron chi connectivity index (χ0n) is 13.1. The monoisotopic (exact) mass is 340 g/mol. The normalized spacial score (nSPS) is 9.83. The SMILES string of the molecule is COC(=O)c1cccc(CSCC(=O)Nc2ccccc2C#N)c1. The van der Waals surface area contributed by atoms with Crippen LogP contribution in [0.5, 0.6) is 0 Å². The molecule has 24 heavy (non-hydrogen) atoms. The van der Waals surface area contributed by atoms with E-state index in [4.69, 9.17) is 5.26 Å². The maximum atomic E-state index is 12.0. The predicted octanol–water partition coefficient (Wildman–Crippen LogP) is 3.22. The number of carbonyl (C=O) groups excluding carboxylic acids is 2. The molecule has 1 amide bonds. The quantitative estimate of drug-likeness (QED) is 0.817. The standard InChI is InChI=1S/C18H16N2O3S/c1-23-18(22)14-7-4-5-13(9-14)11-24-12-17(21)20-16-8-3-2-6-15(16)10-19/h2-9H,11-12H2,1H3,(H,20,21). The first-order valence-electron chi connectivity index (χ1n) is 7.18. The lowest BCUT2D eigenvalue weighted by Gasteiger charge is -2.07. The number of esters is 1. The van der Waals surface area contributed by atoms with Gasteiger partial charge in [0.1, 0.15) is 6.07 Å². The minimum absolute atomic E-state index is 0.174. The fourth-order valence-corrected chi connectivity index (χ4v) is 2.82. The fourth-order valence-electron chi connectivity index (χ4n) is 2.04. The highest BCUT2D eigenvalue weighted by atomic mass is 32.2. The van der Waals surface area contributed by atoms with Crippen molar-refractivity contribution in [2.75, 3.05) is 18.2 Å². The first-order valence-corrected chi connectivity index (χ1v) is 8.33. The Morgan fingerprint density at radius 3 is 2.75 bits per heavy atom. The summed E-state index contributed by atoms with van der Waals surface area (Å²) >= 11 is 1.43. The van der Waals surface area contributed by atoms with Gasteiger partial charge in [0.25, 0.3) is 0 Å². The smallest absolute Gasteiger partial charge is 0.337 e. The van der Waals surface area contributed by atoms with Gasteiger partial charge in [-0.3, -0.25) is 4.79 Å². The Hall–Kier alpha value is -2.78. The van der Waals surface area contributed by atoms with Gasteiger partial charge >= 0.3 is 5.97 Å². The van der Waals surface area contributed by atoms with Crippen LogP contribution >= 0.6 is 11.8 Å². The van der Waals surface area contributed by atoms with E-state index in [2.05, 4.69) is 10.1 Å². The lowest BCUT2D eigenvalue weighted by atomic mass is 10.1. The second-order valence-corrected chi connectivity index (χ2v) is 5.88. The number of nitrogens with one attached hydrogen (secondary N) is 1. The number of amides is 1. The number of carbonyl (C=O) groups is 2. The summed E-state index contributed by atoms with van der Waals surface area (Å²) in [6.07, 6.45) is 0. The first-order chi connectivity index (χ1) is 11.6. The van der Waals surface area contributed by atoms with Crippen LogP contribution in [0.15, 0.2) is 48.5 Å². The minimum Gasteiger partial charge on any atom is -0.465 e. The van der Waals surface area contributed by atoms with Gasteiger partial charge in [-0.05, 0) is 29.8 Å². The van der Waals surface area contributed by atoms with Crippen molar-refractivity contribution in [3.8, 4) is 6.07 Å². The molecule has 0 aliphatic heterocycles. The van der Waals surface area contributed by atoms with Crippen molar-refractivity contribution in [2.24, 2.45) is 0 Å². The van der Waals surface area contributed by atoms with Crippen LogP contribution < -0.4 is 5.32 Å². The topological polar surface area (TPSA) is 79.2 Å². The van der Waals surface area contributed by atoms with Crippen molar-refractivity contribution in [3.05, 3.63) is 65.2 Å². The molecule has 0 spiro atoms. The molecule has 0 bridgehead atoms. The Kier molecular flexibility index (Phi) is 6.41. The molecule has 0 aromatic heterocycles. The van der Waals surface area contributed by atoms with Crippen molar-refractivity contribution < 1.29 is 14.3 Å². The summed E-state index contributed by atoms with van der Waals surface area (Å²) in [5, 5.41) is 11.7. The van der Waals surface area contributed by atoms with Crippen molar-refractivity contribution in [1.82, 2.24) is 0 Å². The highest BCUT2D eigenvalue weighted by molar-refractivity contribution is 7.99. The van der Waals surface area contributed by atoms with E-state index in [-0.39, 0.29) is 17.6 Å². The van der Waals surface area contributed by atoms with Crippen LogP contribution in [0.3, 0.4) is 0 Å². The maximum Gasteiger partial charge on any atom is 0.337 e. The van der Waals surface area contributed by atoms with Crippen molar-refractivity contribution in [1.29, 1.82) is 5.26 Å². The molecule has 0 heterocycles. The Morgan fingerprint density at radius 2 is 2.00 bits per heavy atom. The number of hydrogen-bond donors (Lipinski definition) is 1. The molecule has 0 saturated heterocycles. The number of para-hydroxylation sites is 1. The summed E-state index contributed by atoms with van der Waals surface area (Å²) in [6.45, 7) is 0. The number of methoxy groups -OCH3 is 1. The number of hydrogen-bond acceptors (Lipinski definition) is 5. The number of nitriles is 1. The van der Waals surface area contributed by atoms with Crippen LogP contribution in [0.1, 0.15) is 21.5 Å². The molecule has 0 unspecified atom stereocenters. The van der Waals surface area contributed by atoms with Gasteiger partial charge in [-0.2, -0.15) is 5.26 Å². The van der Waals surface area contributed by atoms with Gasteiger partial charge in [-0.15, -0.1) is 11.8 Å². The molecule has 0 fully saturated rings. The number of anilines is 1. The van der Waals surface area contributed by atoms with Crippen LogP contribution in [0.4, 0.5) is 5.69 Å². The van der Waals surface area contributed by atoms with Crippen molar-refractivity contribution >= 4 is 29.3 Å². The van der Waals surface area contributed by atoms with Gasteiger partial charge in [0.15, 0.2) is 0 Å². The van der Waals surface area contributed by atoms with E-state index in [9.17, 15) is 9.59 Å². The summed E-state index contributed by atoms with van der Waals surface area (Å²) in [6, 6.07) is 16.0. The number of rotatable bonds is 6. The molecular formula is C18H16N2O3S. The molecule has 1 N–H and O–H groups in total. The van der Waals surface area contributed by atoms with Crippen LogP contribution in [-0.2, 0) is 15.3 Å². The summed E-state index contributed by atoms with van der Waals surface area (Å²) in [5.74, 6) is 0.292. The van der Waals surface area contributed by atoms with Gasteiger partial charge in [0.2, 0.25) is 5.91 Å². The lowest BCUT2D eigenvalue weighted by Crippen LogP contribution is -2.15. The van der Waals surface area contributed by atoms with Crippen molar-refractivity contribution in [3.63, 3.8) is 0 Å². The molecule has 0 saturated carbocycles. The van der Waals surface area contributed by atoms with E-state index >= 15 is 0 Å². The van der Waals surface area contributed by atoms with E-state index in [0.29, 0.717) is 22.6 Å². The molecule has 5 nitrogen and oxygen atoms in total. The maximum absolute atomic E-state index is 12.0. The first kappa shape index (κ1) is 17.6. The Morgan fingerprint density at radius 1 is 1.21 bits per heavy atom. The molecule has 122 valence electrons. The van der Waals surface area contributed by atoms with Crippen LogP contribution in [0, 0.1) is 11.3 Å². The zero-order chi connectivity index (χ0) is 17.4.